The Bertz CT molecular complexity index is 1270. The van der Waals surface area contributed by atoms with Crippen molar-refractivity contribution >= 4 is 33.3 Å². The fraction of sp³-hybridized carbons (Fsp3) is 0.0455. The van der Waals surface area contributed by atoms with E-state index < -0.39 is 0 Å². The summed E-state index contributed by atoms with van der Waals surface area (Å²) in [5.74, 6) is 2.26. The molecule has 5 aromatic rings. The number of benzene rings is 3. The second-order valence-electron chi connectivity index (χ2n) is 6.52. The van der Waals surface area contributed by atoms with Gasteiger partial charge in [-0.2, -0.15) is 5.10 Å². The maximum absolute atomic E-state index is 4.81. The van der Waals surface area contributed by atoms with Crippen molar-refractivity contribution < 1.29 is 0 Å². The molecule has 2 N–H and O–H groups in total. The van der Waals surface area contributed by atoms with Gasteiger partial charge in [0.05, 0.1) is 11.2 Å². The number of rotatable bonds is 3. The minimum Gasteiger partial charge on any atom is -0.325 e. The molecule has 0 unspecified atom stereocenters. The van der Waals surface area contributed by atoms with Gasteiger partial charge < -0.3 is 5.32 Å². The third-order valence-corrected chi connectivity index (χ3v) is 4.57. The van der Waals surface area contributed by atoms with E-state index in [0.29, 0.717) is 5.82 Å². The lowest BCUT2D eigenvalue weighted by molar-refractivity contribution is 1.05. The van der Waals surface area contributed by atoms with Crippen LogP contribution >= 0.6 is 0 Å². The summed E-state index contributed by atoms with van der Waals surface area (Å²) in [6, 6.07) is 24.6. The van der Waals surface area contributed by atoms with Crippen molar-refractivity contribution in [2.24, 2.45) is 0 Å². The summed E-state index contributed by atoms with van der Waals surface area (Å²) >= 11 is 0. The SMILES string of the molecule is Cc1cc(Nc2nc(-c3ccc4ccccc4c3)nc3ccccc23)[nH]n1. The lowest BCUT2D eigenvalue weighted by atomic mass is 10.1. The van der Waals surface area contributed by atoms with Gasteiger partial charge in [0, 0.05) is 17.0 Å². The van der Waals surface area contributed by atoms with Crippen LogP contribution in [0, 0.1) is 6.92 Å². The Morgan fingerprint density at radius 2 is 1.63 bits per heavy atom. The van der Waals surface area contributed by atoms with Gasteiger partial charge in [-0.05, 0) is 35.9 Å². The standard InChI is InChI=1S/C22H17N5/c1-14-12-20(27-26-14)24-22-18-8-4-5-9-19(18)23-21(25-22)17-11-10-15-6-2-3-7-16(15)13-17/h2-13H,1H3,(H2,23,24,25,26,27). The molecule has 130 valence electrons. The van der Waals surface area contributed by atoms with E-state index >= 15 is 0 Å². The summed E-state index contributed by atoms with van der Waals surface area (Å²) in [6.45, 7) is 1.94. The largest absolute Gasteiger partial charge is 0.325 e. The second kappa shape index (κ2) is 6.21. The fourth-order valence-corrected chi connectivity index (χ4v) is 3.24. The lowest BCUT2D eigenvalue weighted by Crippen LogP contribution is -1.99. The van der Waals surface area contributed by atoms with Gasteiger partial charge in [0.15, 0.2) is 5.82 Å². The maximum Gasteiger partial charge on any atom is 0.162 e. The Morgan fingerprint density at radius 1 is 0.815 bits per heavy atom. The third-order valence-electron chi connectivity index (χ3n) is 4.57. The minimum absolute atomic E-state index is 0.693. The second-order valence-corrected chi connectivity index (χ2v) is 6.52. The molecule has 0 spiro atoms. The van der Waals surface area contributed by atoms with E-state index in [4.69, 9.17) is 9.97 Å². The minimum atomic E-state index is 0.693. The Kier molecular flexibility index (Phi) is 3.57. The van der Waals surface area contributed by atoms with E-state index in [0.717, 1.165) is 33.8 Å². The average molecular weight is 351 g/mol. The van der Waals surface area contributed by atoms with Gasteiger partial charge in [-0.1, -0.05) is 48.5 Å². The van der Waals surface area contributed by atoms with Crippen molar-refractivity contribution in [2.75, 3.05) is 5.32 Å². The number of hydrogen-bond donors (Lipinski definition) is 2. The molecular weight excluding hydrogens is 334 g/mol. The predicted molar refractivity (Wildman–Crippen MR) is 109 cm³/mol. The number of fused-ring (bicyclic) bond motifs is 2. The number of anilines is 2. The first-order chi connectivity index (χ1) is 13.3. The molecule has 0 saturated heterocycles. The van der Waals surface area contributed by atoms with Gasteiger partial charge in [0.1, 0.15) is 11.6 Å². The first-order valence-electron chi connectivity index (χ1n) is 8.81. The van der Waals surface area contributed by atoms with E-state index in [9.17, 15) is 0 Å². The van der Waals surface area contributed by atoms with Crippen LogP contribution in [0.15, 0.2) is 72.8 Å². The van der Waals surface area contributed by atoms with Crippen molar-refractivity contribution in [1.82, 2.24) is 20.2 Å². The van der Waals surface area contributed by atoms with E-state index in [1.807, 2.05) is 49.4 Å². The molecule has 27 heavy (non-hydrogen) atoms. The topological polar surface area (TPSA) is 66.5 Å². The number of hydrogen-bond acceptors (Lipinski definition) is 4. The fourth-order valence-electron chi connectivity index (χ4n) is 3.24. The Balaban J connectivity index is 1.67. The van der Waals surface area contributed by atoms with Crippen LogP contribution in [-0.2, 0) is 0 Å². The van der Waals surface area contributed by atoms with E-state index in [1.54, 1.807) is 0 Å². The van der Waals surface area contributed by atoms with Gasteiger partial charge in [0.2, 0.25) is 0 Å². The van der Waals surface area contributed by atoms with Crippen LogP contribution in [0.25, 0.3) is 33.1 Å². The summed E-state index contributed by atoms with van der Waals surface area (Å²) in [4.78, 5) is 9.60. The highest BCUT2D eigenvalue weighted by molar-refractivity contribution is 5.93. The normalized spacial score (nSPS) is 11.1. The molecule has 0 radical (unpaired) electrons. The van der Waals surface area contributed by atoms with E-state index in [2.05, 4.69) is 45.8 Å². The molecule has 3 aromatic carbocycles. The molecule has 5 nitrogen and oxygen atoms in total. The summed E-state index contributed by atoms with van der Waals surface area (Å²) in [6.07, 6.45) is 0. The monoisotopic (exact) mass is 351 g/mol. The zero-order valence-corrected chi connectivity index (χ0v) is 14.8. The van der Waals surface area contributed by atoms with Gasteiger partial charge in [-0.3, -0.25) is 5.10 Å². The molecule has 0 atom stereocenters. The molecule has 2 heterocycles. The van der Waals surface area contributed by atoms with Crippen LogP contribution in [0.2, 0.25) is 0 Å². The molecule has 0 amide bonds. The van der Waals surface area contributed by atoms with Crippen molar-refractivity contribution in [3.8, 4) is 11.4 Å². The van der Waals surface area contributed by atoms with E-state index in [1.165, 1.54) is 10.8 Å². The first kappa shape index (κ1) is 15.5. The van der Waals surface area contributed by atoms with Crippen LogP contribution in [0.5, 0.6) is 0 Å². The number of nitrogens with zero attached hydrogens (tertiary/aromatic N) is 3. The number of aromatic nitrogens is 4. The Hall–Kier alpha value is -3.73. The molecule has 2 aromatic heterocycles. The van der Waals surface area contributed by atoms with Gasteiger partial charge >= 0.3 is 0 Å². The van der Waals surface area contributed by atoms with Crippen molar-refractivity contribution in [3.63, 3.8) is 0 Å². The maximum atomic E-state index is 4.81. The number of aromatic amines is 1. The number of nitrogens with one attached hydrogen (secondary N) is 2. The summed E-state index contributed by atoms with van der Waals surface area (Å²) in [5.41, 5.74) is 2.81. The predicted octanol–water partition coefficient (Wildman–Crippen LogP) is 5.23. The molecule has 5 rings (SSSR count). The van der Waals surface area contributed by atoms with Crippen molar-refractivity contribution in [1.29, 1.82) is 0 Å². The molecule has 0 aliphatic carbocycles. The van der Waals surface area contributed by atoms with Crippen LogP contribution < -0.4 is 5.32 Å². The van der Waals surface area contributed by atoms with Gasteiger partial charge in [-0.25, -0.2) is 9.97 Å². The average Bonchev–Trinajstić information content (AvgIpc) is 3.12. The Labute approximate surface area is 156 Å². The molecule has 0 aliphatic heterocycles. The summed E-state index contributed by atoms with van der Waals surface area (Å²) in [7, 11) is 0. The molecule has 0 aliphatic rings. The Morgan fingerprint density at radius 3 is 2.48 bits per heavy atom. The molecular formula is C22H17N5. The molecule has 5 heteroatoms. The van der Waals surface area contributed by atoms with Crippen LogP contribution in [-0.4, -0.2) is 20.2 Å². The summed E-state index contributed by atoms with van der Waals surface area (Å²) < 4.78 is 0. The molecule has 0 saturated carbocycles. The quantitative estimate of drug-likeness (QED) is 0.467. The smallest absolute Gasteiger partial charge is 0.162 e. The van der Waals surface area contributed by atoms with Crippen molar-refractivity contribution in [2.45, 2.75) is 6.92 Å². The zero-order valence-electron chi connectivity index (χ0n) is 14.8. The molecule has 0 bridgehead atoms. The highest BCUT2D eigenvalue weighted by atomic mass is 15.2. The van der Waals surface area contributed by atoms with Gasteiger partial charge in [-0.15, -0.1) is 0 Å². The van der Waals surface area contributed by atoms with Crippen LogP contribution in [0.3, 0.4) is 0 Å². The van der Waals surface area contributed by atoms with Crippen molar-refractivity contribution in [3.05, 3.63) is 78.5 Å². The van der Waals surface area contributed by atoms with Crippen LogP contribution in [0.4, 0.5) is 11.6 Å². The molecule has 0 fully saturated rings. The number of H-pyrrole nitrogens is 1. The van der Waals surface area contributed by atoms with Gasteiger partial charge in [0.25, 0.3) is 0 Å². The summed E-state index contributed by atoms with van der Waals surface area (Å²) in [5, 5.41) is 13.8. The zero-order chi connectivity index (χ0) is 18.2. The first-order valence-corrected chi connectivity index (χ1v) is 8.81. The highest BCUT2D eigenvalue weighted by Gasteiger charge is 2.11. The van der Waals surface area contributed by atoms with E-state index in [-0.39, 0.29) is 0 Å². The number of aryl methyl sites for hydroxylation is 1. The highest BCUT2D eigenvalue weighted by Crippen LogP contribution is 2.28. The third kappa shape index (κ3) is 2.89. The number of para-hydroxylation sites is 1. The lowest BCUT2D eigenvalue weighted by Gasteiger charge is -2.10. The van der Waals surface area contributed by atoms with Crippen LogP contribution in [0.1, 0.15) is 5.69 Å².